The monoisotopic (exact) mass is 302 g/mol. The minimum atomic E-state index is 0.516. The second kappa shape index (κ2) is 8.58. The number of aliphatic imine (C=N–C) groups is 1. The second-order valence-corrected chi connectivity index (χ2v) is 6.21. The van der Waals surface area contributed by atoms with Gasteiger partial charge < -0.3 is 10.6 Å². The molecule has 2 N–H and O–H groups in total. The van der Waals surface area contributed by atoms with E-state index in [4.69, 9.17) is 5.26 Å². The zero-order valence-electron chi connectivity index (χ0n) is 12.4. The summed E-state index contributed by atoms with van der Waals surface area (Å²) >= 11 is 2.01. The highest BCUT2D eigenvalue weighted by molar-refractivity contribution is 7.99. The summed E-state index contributed by atoms with van der Waals surface area (Å²) in [4.78, 5) is 4.64. The molecule has 5 heteroatoms. The molecule has 1 aliphatic heterocycles. The van der Waals surface area contributed by atoms with E-state index in [1.165, 1.54) is 18.6 Å². The molecule has 1 aromatic carbocycles. The number of benzene rings is 1. The zero-order valence-corrected chi connectivity index (χ0v) is 13.2. The fraction of sp³-hybridized carbons (Fsp3) is 0.500. The van der Waals surface area contributed by atoms with Crippen LogP contribution in [0.5, 0.6) is 0 Å². The van der Waals surface area contributed by atoms with Crippen molar-refractivity contribution in [3.05, 3.63) is 35.4 Å². The van der Waals surface area contributed by atoms with Gasteiger partial charge >= 0.3 is 0 Å². The van der Waals surface area contributed by atoms with Crippen molar-refractivity contribution in [2.45, 2.75) is 32.4 Å². The molecule has 0 spiro atoms. The Morgan fingerprint density at radius 2 is 2.24 bits per heavy atom. The van der Waals surface area contributed by atoms with Gasteiger partial charge in [-0.15, -0.1) is 0 Å². The van der Waals surface area contributed by atoms with Crippen molar-refractivity contribution >= 4 is 17.7 Å². The van der Waals surface area contributed by atoms with Gasteiger partial charge in [0, 0.05) is 18.3 Å². The van der Waals surface area contributed by atoms with Gasteiger partial charge in [-0.2, -0.15) is 17.0 Å². The van der Waals surface area contributed by atoms with E-state index in [0.717, 1.165) is 23.8 Å². The first-order valence-electron chi connectivity index (χ1n) is 7.43. The van der Waals surface area contributed by atoms with Gasteiger partial charge in [-0.1, -0.05) is 12.1 Å². The first-order valence-corrected chi connectivity index (χ1v) is 8.59. The Balaban J connectivity index is 1.94. The van der Waals surface area contributed by atoms with E-state index in [1.807, 2.05) is 36.0 Å². The fourth-order valence-corrected chi connectivity index (χ4v) is 3.29. The van der Waals surface area contributed by atoms with Crippen LogP contribution in [-0.2, 0) is 6.54 Å². The van der Waals surface area contributed by atoms with Crippen LogP contribution in [-0.4, -0.2) is 30.1 Å². The summed E-state index contributed by atoms with van der Waals surface area (Å²) in [5.74, 6) is 3.31. The van der Waals surface area contributed by atoms with E-state index in [1.54, 1.807) is 0 Å². The van der Waals surface area contributed by atoms with Gasteiger partial charge in [0.2, 0.25) is 0 Å². The molecule has 2 rings (SSSR count). The van der Waals surface area contributed by atoms with Gasteiger partial charge in [-0.05, 0) is 43.2 Å². The highest BCUT2D eigenvalue weighted by atomic mass is 32.2. The van der Waals surface area contributed by atoms with Crippen LogP contribution in [0.1, 0.15) is 30.9 Å². The Bertz CT molecular complexity index is 498. The maximum absolute atomic E-state index is 8.80. The lowest BCUT2D eigenvalue weighted by Crippen LogP contribution is -2.45. The molecule has 112 valence electrons. The lowest BCUT2D eigenvalue weighted by molar-refractivity contribution is 0.582. The van der Waals surface area contributed by atoms with Crippen molar-refractivity contribution < 1.29 is 0 Å². The number of nitrogens with zero attached hydrogens (tertiary/aromatic N) is 2. The van der Waals surface area contributed by atoms with E-state index >= 15 is 0 Å². The third-order valence-electron chi connectivity index (χ3n) is 3.35. The number of nitrogens with one attached hydrogen (secondary N) is 2. The summed E-state index contributed by atoms with van der Waals surface area (Å²) in [7, 11) is 0. The SMILES string of the molecule is CCNC(=NCc1ccc(C#N)cc1)NC1CCCSC1. The Hall–Kier alpha value is -1.67. The van der Waals surface area contributed by atoms with Crippen molar-refractivity contribution in [2.24, 2.45) is 4.99 Å². The molecule has 1 unspecified atom stereocenters. The predicted octanol–water partition coefficient (Wildman–Crippen LogP) is 2.51. The number of thioether (sulfide) groups is 1. The van der Waals surface area contributed by atoms with E-state index in [-0.39, 0.29) is 0 Å². The summed E-state index contributed by atoms with van der Waals surface area (Å²) in [5.41, 5.74) is 1.80. The van der Waals surface area contributed by atoms with Gasteiger partial charge in [0.1, 0.15) is 0 Å². The number of nitriles is 1. The number of hydrogen-bond acceptors (Lipinski definition) is 3. The van der Waals surface area contributed by atoms with Crippen LogP contribution in [0.3, 0.4) is 0 Å². The first kappa shape index (κ1) is 15.7. The van der Waals surface area contributed by atoms with Crippen molar-refractivity contribution in [2.75, 3.05) is 18.1 Å². The van der Waals surface area contributed by atoms with Gasteiger partial charge in [-0.3, -0.25) is 0 Å². The van der Waals surface area contributed by atoms with Crippen LogP contribution < -0.4 is 10.6 Å². The van der Waals surface area contributed by atoms with Crippen molar-refractivity contribution in [3.8, 4) is 6.07 Å². The average Bonchev–Trinajstić information content (AvgIpc) is 2.54. The Morgan fingerprint density at radius 3 is 2.86 bits per heavy atom. The van der Waals surface area contributed by atoms with Gasteiger partial charge in [0.15, 0.2) is 5.96 Å². The topological polar surface area (TPSA) is 60.2 Å². The molecule has 0 aliphatic carbocycles. The zero-order chi connectivity index (χ0) is 14.9. The van der Waals surface area contributed by atoms with E-state index < -0.39 is 0 Å². The number of rotatable bonds is 4. The number of hydrogen-bond donors (Lipinski definition) is 2. The Kier molecular flexibility index (Phi) is 6.42. The summed E-state index contributed by atoms with van der Waals surface area (Å²) < 4.78 is 0. The first-order chi connectivity index (χ1) is 10.3. The smallest absolute Gasteiger partial charge is 0.191 e. The molecule has 1 aliphatic rings. The maximum atomic E-state index is 8.80. The molecular weight excluding hydrogens is 280 g/mol. The van der Waals surface area contributed by atoms with E-state index in [9.17, 15) is 0 Å². The van der Waals surface area contributed by atoms with Gasteiger partial charge in [-0.25, -0.2) is 4.99 Å². The molecule has 0 saturated carbocycles. The molecule has 4 nitrogen and oxygen atoms in total. The molecule has 1 fully saturated rings. The third kappa shape index (κ3) is 5.31. The summed E-state index contributed by atoms with van der Waals surface area (Å²) in [5, 5.41) is 15.6. The van der Waals surface area contributed by atoms with Crippen molar-refractivity contribution in [1.82, 2.24) is 10.6 Å². The molecular formula is C16H22N4S. The molecule has 1 heterocycles. The van der Waals surface area contributed by atoms with Crippen LogP contribution in [0.15, 0.2) is 29.3 Å². The van der Waals surface area contributed by atoms with Crippen molar-refractivity contribution in [3.63, 3.8) is 0 Å². The molecule has 0 bridgehead atoms. The normalized spacial score (nSPS) is 18.9. The van der Waals surface area contributed by atoms with E-state index in [0.29, 0.717) is 18.2 Å². The Morgan fingerprint density at radius 1 is 1.43 bits per heavy atom. The molecule has 1 atom stereocenters. The second-order valence-electron chi connectivity index (χ2n) is 5.06. The highest BCUT2D eigenvalue weighted by Gasteiger charge is 2.14. The predicted molar refractivity (Wildman–Crippen MR) is 89.5 cm³/mol. The molecule has 0 aromatic heterocycles. The summed E-state index contributed by atoms with van der Waals surface area (Å²) in [6.45, 7) is 3.56. The van der Waals surface area contributed by atoms with Crippen LogP contribution in [0, 0.1) is 11.3 Å². The molecule has 1 aromatic rings. The van der Waals surface area contributed by atoms with Crippen LogP contribution >= 0.6 is 11.8 Å². The average molecular weight is 302 g/mol. The van der Waals surface area contributed by atoms with Crippen LogP contribution in [0.25, 0.3) is 0 Å². The Labute approximate surface area is 131 Å². The van der Waals surface area contributed by atoms with Crippen LogP contribution in [0.2, 0.25) is 0 Å². The fourth-order valence-electron chi connectivity index (χ4n) is 2.22. The molecule has 21 heavy (non-hydrogen) atoms. The number of guanidine groups is 1. The molecule has 1 saturated heterocycles. The van der Waals surface area contributed by atoms with Crippen molar-refractivity contribution in [1.29, 1.82) is 5.26 Å². The van der Waals surface area contributed by atoms with Gasteiger partial charge in [0.25, 0.3) is 0 Å². The summed E-state index contributed by atoms with van der Waals surface area (Å²) in [6, 6.07) is 10.2. The summed E-state index contributed by atoms with van der Waals surface area (Å²) in [6.07, 6.45) is 2.49. The molecule has 0 radical (unpaired) electrons. The standard InChI is InChI=1S/C16H22N4S/c1-2-18-16(20-15-4-3-9-21-12-15)19-11-14-7-5-13(10-17)6-8-14/h5-8,15H,2-4,9,11-12H2,1H3,(H2,18,19,20). The lowest BCUT2D eigenvalue weighted by Gasteiger charge is -2.24. The largest absolute Gasteiger partial charge is 0.357 e. The van der Waals surface area contributed by atoms with Crippen LogP contribution in [0.4, 0.5) is 0 Å². The minimum absolute atomic E-state index is 0.516. The van der Waals surface area contributed by atoms with Gasteiger partial charge in [0.05, 0.1) is 18.2 Å². The third-order valence-corrected chi connectivity index (χ3v) is 4.56. The van der Waals surface area contributed by atoms with E-state index in [2.05, 4.69) is 28.6 Å². The quantitative estimate of drug-likeness (QED) is 0.663. The highest BCUT2D eigenvalue weighted by Crippen LogP contribution is 2.16. The molecule has 0 amide bonds. The lowest BCUT2D eigenvalue weighted by atomic mass is 10.1. The minimum Gasteiger partial charge on any atom is -0.357 e. The maximum Gasteiger partial charge on any atom is 0.191 e.